The molecule has 3 heteroatoms. The Morgan fingerprint density at radius 3 is 2.85 bits per heavy atom. The molecule has 0 saturated heterocycles. The molecular formula is C10H16N2O. The van der Waals surface area contributed by atoms with Crippen LogP contribution in [-0.4, -0.2) is 18.6 Å². The standard InChI is InChI=1S/C10H16N2O/c1-3-6-11-7-9-4-5-10(13-2)8-12-9/h4-5,8,11H,3,6-7H2,1-2H3. The maximum Gasteiger partial charge on any atom is 0.137 e. The molecule has 0 amide bonds. The zero-order valence-electron chi connectivity index (χ0n) is 8.21. The number of hydrogen-bond acceptors (Lipinski definition) is 3. The fraction of sp³-hybridized carbons (Fsp3) is 0.500. The number of hydrogen-bond donors (Lipinski definition) is 1. The Hall–Kier alpha value is -1.09. The number of nitrogens with zero attached hydrogens (tertiary/aromatic N) is 1. The second-order valence-corrected chi connectivity index (χ2v) is 2.87. The summed E-state index contributed by atoms with van der Waals surface area (Å²) in [5, 5.41) is 3.29. The summed E-state index contributed by atoms with van der Waals surface area (Å²) in [6, 6.07) is 3.90. The number of rotatable bonds is 5. The molecule has 0 aliphatic rings. The minimum atomic E-state index is 0.805. The van der Waals surface area contributed by atoms with Crippen LogP contribution in [0, 0.1) is 0 Å². The number of pyridine rings is 1. The largest absolute Gasteiger partial charge is 0.495 e. The molecule has 0 unspecified atom stereocenters. The number of aromatic nitrogens is 1. The van der Waals surface area contributed by atoms with Crippen LogP contribution < -0.4 is 10.1 Å². The predicted molar refractivity (Wildman–Crippen MR) is 52.8 cm³/mol. The molecule has 1 rings (SSSR count). The number of nitrogens with one attached hydrogen (secondary N) is 1. The van der Waals surface area contributed by atoms with E-state index in [0.29, 0.717) is 0 Å². The lowest BCUT2D eigenvalue weighted by Gasteiger charge is -2.03. The third-order valence-electron chi connectivity index (χ3n) is 1.77. The van der Waals surface area contributed by atoms with E-state index in [2.05, 4.69) is 17.2 Å². The Bertz CT molecular complexity index is 233. The molecule has 0 radical (unpaired) electrons. The van der Waals surface area contributed by atoms with Crippen LogP contribution in [0.1, 0.15) is 19.0 Å². The van der Waals surface area contributed by atoms with Crippen LogP contribution in [0.4, 0.5) is 0 Å². The molecule has 72 valence electrons. The molecule has 0 atom stereocenters. The molecule has 0 bridgehead atoms. The van der Waals surface area contributed by atoms with Gasteiger partial charge in [0, 0.05) is 6.54 Å². The highest BCUT2D eigenvalue weighted by molar-refractivity contribution is 5.19. The molecule has 0 aliphatic carbocycles. The Balaban J connectivity index is 2.40. The second-order valence-electron chi connectivity index (χ2n) is 2.87. The molecule has 0 saturated carbocycles. The lowest BCUT2D eigenvalue weighted by molar-refractivity contribution is 0.412. The van der Waals surface area contributed by atoms with E-state index in [0.717, 1.165) is 31.0 Å². The van der Waals surface area contributed by atoms with E-state index in [-0.39, 0.29) is 0 Å². The normalized spacial score (nSPS) is 10.0. The quantitative estimate of drug-likeness (QED) is 0.699. The van der Waals surface area contributed by atoms with Crippen molar-refractivity contribution in [3.05, 3.63) is 24.0 Å². The molecule has 3 nitrogen and oxygen atoms in total. The van der Waals surface area contributed by atoms with E-state index < -0.39 is 0 Å². The summed E-state index contributed by atoms with van der Waals surface area (Å²) >= 11 is 0. The Kier molecular flexibility index (Phi) is 4.26. The van der Waals surface area contributed by atoms with E-state index in [4.69, 9.17) is 4.74 Å². The summed E-state index contributed by atoms with van der Waals surface area (Å²) in [5.41, 5.74) is 1.05. The van der Waals surface area contributed by atoms with Gasteiger partial charge >= 0.3 is 0 Å². The monoisotopic (exact) mass is 180 g/mol. The molecule has 13 heavy (non-hydrogen) atoms. The SMILES string of the molecule is CCCNCc1ccc(OC)cn1. The summed E-state index contributed by atoms with van der Waals surface area (Å²) in [5.74, 6) is 0.805. The molecule has 0 aliphatic heterocycles. The van der Waals surface area contributed by atoms with E-state index in [1.165, 1.54) is 0 Å². The van der Waals surface area contributed by atoms with Crippen molar-refractivity contribution in [1.29, 1.82) is 0 Å². The Labute approximate surface area is 79.1 Å². The lowest BCUT2D eigenvalue weighted by atomic mass is 10.3. The molecule has 1 aromatic heterocycles. The van der Waals surface area contributed by atoms with Gasteiger partial charge in [-0.25, -0.2) is 0 Å². The summed E-state index contributed by atoms with van der Waals surface area (Å²) in [4.78, 5) is 4.23. The smallest absolute Gasteiger partial charge is 0.137 e. The van der Waals surface area contributed by atoms with Gasteiger partial charge in [0.1, 0.15) is 5.75 Å². The molecule has 1 heterocycles. The van der Waals surface area contributed by atoms with Gasteiger partial charge in [-0.3, -0.25) is 4.98 Å². The first-order valence-electron chi connectivity index (χ1n) is 4.56. The topological polar surface area (TPSA) is 34.1 Å². The van der Waals surface area contributed by atoms with Crippen molar-refractivity contribution in [2.24, 2.45) is 0 Å². The fourth-order valence-corrected chi connectivity index (χ4v) is 1.03. The van der Waals surface area contributed by atoms with Crippen LogP contribution in [0.3, 0.4) is 0 Å². The van der Waals surface area contributed by atoms with Crippen LogP contribution in [0.15, 0.2) is 18.3 Å². The molecule has 0 aromatic carbocycles. The average molecular weight is 180 g/mol. The van der Waals surface area contributed by atoms with Gasteiger partial charge in [-0.05, 0) is 25.1 Å². The minimum absolute atomic E-state index is 0.805. The van der Waals surface area contributed by atoms with E-state index in [9.17, 15) is 0 Å². The first kappa shape index (κ1) is 9.99. The minimum Gasteiger partial charge on any atom is -0.495 e. The summed E-state index contributed by atoms with van der Waals surface area (Å²) in [7, 11) is 1.64. The van der Waals surface area contributed by atoms with Gasteiger partial charge in [-0.15, -0.1) is 0 Å². The predicted octanol–water partition coefficient (Wildman–Crippen LogP) is 1.59. The second kappa shape index (κ2) is 5.54. The van der Waals surface area contributed by atoms with E-state index in [1.807, 2.05) is 12.1 Å². The van der Waals surface area contributed by atoms with Gasteiger partial charge in [-0.1, -0.05) is 6.92 Å². The van der Waals surface area contributed by atoms with Crippen molar-refractivity contribution in [2.45, 2.75) is 19.9 Å². The first-order valence-corrected chi connectivity index (χ1v) is 4.56. The van der Waals surface area contributed by atoms with Crippen LogP contribution in [-0.2, 0) is 6.54 Å². The van der Waals surface area contributed by atoms with Crippen molar-refractivity contribution in [3.8, 4) is 5.75 Å². The highest BCUT2D eigenvalue weighted by Crippen LogP contribution is 2.07. The Morgan fingerprint density at radius 2 is 2.31 bits per heavy atom. The Morgan fingerprint density at radius 1 is 1.46 bits per heavy atom. The van der Waals surface area contributed by atoms with E-state index in [1.54, 1.807) is 13.3 Å². The van der Waals surface area contributed by atoms with Gasteiger partial charge < -0.3 is 10.1 Å². The van der Waals surface area contributed by atoms with Crippen molar-refractivity contribution in [2.75, 3.05) is 13.7 Å². The van der Waals surface area contributed by atoms with Crippen LogP contribution in [0.5, 0.6) is 5.75 Å². The number of ether oxygens (including phenoxy) is 1. The van der Waals surface area contributed by atoms with Crippen LogP contribution in [0.2, 0.25) is 0 Å². The molecule has 1 N–H and O–H groups in total. The molecular weight excluding hydrogens is 164 g/mol. The van der Waals surface area contributed by atoms with Crippen LogP contribution in [0.25, 0.3) is 0 Å². The maximum absolute atomic E-state index is 5.01. The van der Waals surface area contributed by atoms with Crippen molar-refractivity contribution in [3.63, 3.8) is 0 Å². The van der Waals surface area contributed by atoms with E-state index >= 15 is 0 Å². The van der Waals surface area contributed by atoms with Crippen molar-refractivity contribution in [1.82, 2.24) is 10.3 Å². The van der Waals surface area contributed by atoms with Gasteiger partial charge in [0.2, 0.25) is 0 Å². The lowest BCUT2D eigenvalue weighted by Crippen LogP contribution is -2.14. The fourth-order valence-electron chi connectivity index (χ4n) is 1.03. The highest BCUT2D eigenvalue weighted by atomic mass is 16.5. The average Bonchev–Trinajstić information content (AvgIpc) is 2.19. The van der Waals surface area contributed by atoms with Gasteiger partial charge in [0.15, 0.2) is 0 Å². The third-order valence-corrected chi connectivity index (χ3v) is 1.77. The highest BCUT2D eigenvalue weighted by Gasteiger charge is 1.94. The van der Waals surface area contributed by atoms with Crippen molar-refractivity contribution < 1.29 is 4.74 Å². The zero-order valence-corrected chi connectivity index (χ0v) is 8.21. The number of methoxy groups -OCH3 is 1. The third kappa shape index (κ3) is 3.42. The first-order chi connectivity index (χ1) is 6.36. The maximum atomic E-state index is 5.01. The summed E-state index contributed by atoms with van der Waals surface area (Å²) in [6.45, 7) is 4.01. The van der Waals surface area contributed by atoms with Gasteiger partial charge in [0.25, 0.3) is 0 Å². The zero-order chi connectivity index (χ0) is 9.52. The summed E-state index contributed by atoms with van der Waals surface area (Å²) < 4.78 is 5.01. The summed E-state index contributed by atoms with van der Waals surface area (Å²) in [6.07, 6.45) is 2.89. The molecule has 0 fully saturated rings. The van der Waals surface area contributed by atoms with Gasteiger partial charge in [0.05, 0.1) is 19.0 Å². The molecule has 0 spiro atoms. The van der Waals surface area contributed by atoms with Crippen molar-refractivity contribution >= 4 is 0 Å². The molecule has 1 aromatic rings. The van der Waals surface area contributed by atoms with Gasteiger partial charge in [-0.2, -0.15) is 0 Å². The van der Waals surface area contributed by atoms with Crippen LogP contribution >= 0.6 is 0 Å².